The molecule has 4 aromatic rings. The van der Waals surface area contributed by atoms with Crippen molar-refractivity contribution in [3.05, 3.63) is 78.5 Å². The van der Waals surface area contributed by atoms with Gasteiger partial charge in [-0.15, -0.1) is 0 Å². The average molecular weight is 704 g/mol. The third-order valence-electron chi connectivity index (χ3n) is 6.31. The summed E-state index contributed by atoms with van der Waals surface area (Å²) in [5.41, 5.74) is 1.60. The molecule has 0 aliphatic carbocycles. The SMILES string of the molecule is CCN(CCCOc1ccc2c(Nc3cc(CC(=O)Nc4cccc(F)c4)[nH]n3)ncnc2c1)CCOP(=O)(O)O.O=C(O)/C=C\C(=O)O. The highest BCUT2D eigenvalue weighted by molar-refractivity contribution is 7.46. The summed E-state index contributed by atoms with van der Waals surface area (Å²) < 4.78 is 34.5. The molecule has 4 rings (SSSR count). The van der Waals surface area contributed by atoms with Crippen molar-refractivity contribution in [3.8, 4) is 5.75 Å². The number of nitrogens with one attached hydrogen (secondary N) is 3. The second kappa shape index (κ2) is 18.9. The van der Waals surface area contributed by atoms with Crippen LogP contribution in [0.25, 0.3) is 10.9 Å². The predicted octanol–water partition coefficient (Wildman–Crippen LogP) is 3.33. The number of anilines is 3. The highest BCUT2D eigenvalue weighted by Crippen LogP contribution is 2.35. The van der Waals surface area contributed by atoms with Crippen LogP contribution in [0.4, 0.5) is 21.7 Å². The number of likely N-dealkylation sites (N-methyl/N-ethyl adjacent to an activating group) is 1. The zero-order valence-electron chi connectivity index (χ0n) is 26.2. The molecule has 0 aliphatic heterocycles. The van der Waals surface area contributed by atoms with Crippen LogP contribution in [0.2, 0.25) is 0 Å². The number of phosphoric acid groups is 1. The first kappa shape index (κ1) is 38.2. The molecule has 2 heterocycles. The molecule has 0 atom stereocenters. The van der Waals surface area contributed by atoms with Crippen molar-refractivity contribution < 1.29 is 52.6 Å². The van der Waals surface area contributed by atoms with E-state index >= 15 is 0 Å². The molecular formula is C30H35FN7O10P. The number of aromatic nitrogens is 4. The number of ether oxygens (including phenoxy) is 1. The molecule has 0 saturated carbocycles. The molecule has 0 unspecified atom stereocenters. The normalized spacial score (nSPS) is 11.3. The topological polar surface area (TPSA) is 249 Å². The van der Waals surface area contributed by atoms with E-state index in [1.807, 2.05) is 24.0 Å². The summed E-state index contributed by atoms with van der Waals surface area (Å²) in [7, 11) is -4.46. The number of H-pyrrole nitrogens is 1. The maximum absolute atomic E-state index is 13.3. The number of aromatic amines is 1. The third-order valence-corrected chi connectivity index (χ3v) is 6.83. The van der Waals surface area contributed by atoms with Gasteiger partial charge < -0.3 is 40.3 Å². The maximum Gasteiger partial charge on any atom is 0.469 e. The number of carbonyl (C=O) groups excluding carboxylic acids is 1. The number of benzene rings is 2. The number of phosphoric ester groups is 1. The second-order valence-corrected chi connectivity index (χ2v) is 11.2. The molecule has 0 aliphatic rings. The first-order valence-corrected chi connectivity index (χ1v) is 16.1. The number of fused-ring (bicyclic) bond motifs is 1. The van der Waals surface area contributed by atoms with E-state index < -0.39 is 25.6 Å². The quantitative estimate of drug-likeness (QED) is 0.0473. The second-order valence-electron chi connectivity index (χ2n) is 10.0. The van der Waals surface area contributed by atoms with Crippen LogP contribution in [-0.2, 0) is 29.9 Å². The van der Waals surface area contributed by atoms with E-state index in [4.69, 9.17) is 24.7 Å². The van der Waals surface area contributed by atoms with Gasteiger partial charge in [0.2, 0.25) is 5.91 Å². The summed E-state index contributed by atoms with van der Waals surface area (Å²) in [6.07, 6.45) is 3.27. The maximum atomic E-state index is 13.3. The highest BCUT2D eigenvalue weighted by Gasteiger charge is 2.14. The van der Waals surface area contributed by atoms with Crippen LogP contribution in [-0.4, -0.2) is 95.8 Å². The molecule has 2 aromatic carbocycles. The van der Waals surface area contributed by atoms with Gasteiger partial charge in [0.1, 0.15) is 23.7 Å². The molecular weight excluding hydrogens is 668 g/mol. The number of carbonyl (C=O) groups is 3. The summed E-state index contributed by atoms with van der Waals surface area (Å²) in [5.74, 6) is -1.63. The molecule has 0 fully saturated rings. The summed E-state index contributed by atoms with van der Waals surface area (Å²) in [6, 6.07) is 12.8. The van der Waals surface area contributed by atoms with Crippen molar-refractivity contribution in [2.24, 2.45) is 0 Å². The largest absolute Gasteiger partial charge is 0.493 e. The Morgan fingerprint density at radius 1 is 1.02 bits per heavy atom. The fourth-order valence-corrected chi connectivity index (χ4v) is 4.47. The number of carboxylic acid groups (broad SMARTS) is 2. The first-order chi connectivity index (χ1) is 23.3. The molecule has 0 saturated heterocycles. The van der Waals surface area contributed by atoms with Gasteiger partial charge in [-0.1, -0.05) is 13.0 Å². The van der Waals surface area contributed by atoms with Crippen molar-refractivity contribution in [1.29, 1.82) is 0 Å². The Morgan fingerprint density at radius 3 is 2.45 bits per heavy atom. The van der Waals surface area contributed by atoms with Crippen LogP contribution < -0.4 is 15.4 Å². The Hall–Kier alpha value is -5.26. The lowest BCUT2D eigenvalue weighted by molar-refractivity contribution is -0.134. The Balaban J connectivity index is 0.000000723. The number of rotatable bonds is 17. The molecule has 262 valence electrons. The van der Waals surface area contributed by atoms with E-state index in [0.717, 1.165) is 5.39 Å². The lowest BCUT2D eigenvalue weighted by Crippen LogP contribution is -2.29. The molecule has 19 heteroatoms. The van der Waals surface area contributed by atoms with Gasteiger partial charge >= 0.3 is 19.8 Å². The van der Waals surface area contributed by atoms with Crippen LogP contribution in [0.5, 0.6) is 5.75 Å². The minimum atomic E-state index is -4.46. The number of nitrogens with zero attached hydrogens (tertiary/aromatic N) is 4. The number of hydrogen-bond acceptors (Lipinski definition) is 11. The van der Waals surface area contributed by atoms with Gasteiger partial charge in [0.15, 0.2) is 5.82 Å². The summed E-state index contributed by atoms with van der Waals surface area (Å²) in [4.78, 5) is 59.7. The van der Waals surface area contributed by atoms with Crippen molar-refractivity contribution >= 4 is 53.9 Å². The Kier molecular flexibility index (Phi) is 14.7. The van der Waals surface area contributed by atoms with Gasteiger partial charge in [-0.3, -0.25) is 14.4 Å². The fourth-order valence-electron chi connectivity index (χ4n) is 4.15. The Morgan fingerprint density at radius 2 is 1.78 bits per heavy atom. The van der Waals surface area contributed by atoms with Crippen LogP contribution in [0.1, 0.15) is 19.0 Å². The van der Waals surface area contributed by atoms with Crippen LogP contribution in [0.3, 0.4) is 0 Å². The highest BCUT2D eigenvalue weighted by atomic mass is 31.2. The Labute approximate surface area is 279 Å². The molecule has 0 radical (unpaired) electrons. The van der Waals surface area contributed by atoms with Crippen LogP contribution in [0.15, 0.2) is 67.0 Å². The molecule has 1 amide bonds. The molecule has 0 bridgehead atoms. The van der Waals surface area contributed by atoms with Gasteiger partial charge in [-0.05, 0) is 43.3 Å². The van der Waals surface area contributed by atoms with E-state index in [9.17, 15) is 23.3 Å². The average Bonchev–Trinajstić information content (AvgIpc) is 3.47. The minimum Gasteiger partial charge on any atom is -0.493 e. The minimum absolute atomic E-state index is 0.0214. The zero-order chi connectivity index (χ0) is 35.8. The lowest BCUT2D eigenvalue weighted by Gasteiger charge is -2.20. The standard InChI is InChI=1S/C26H31FN7O6P.C4H4O4/c1-2-34(10-12-40-41(36,37)38)9-4-11-39-21-7-8-22-23(16-21)28-17-29-26(22)31-24-14-20(32-33-24)15-25(35)30-19-6-3-5-18(27)13-19;5-3(6)1-2-4(7)8/h3,5-8,13-14,16-17H,2,4,9-12,15H2,1H3,(H,30,35)(H2,36,37,38)(H2,28,29,31,32,33);1-2H,(H,5,6)(H,7,8)/b;2-1-. The predicted molar refractivity (Wildman–Crippen MR) is 175 cm³/mol. The first-order valence-electron chi connectivity index (χ1n) is 14.6. The summed E-state index contributed by atoms with van der Waals surface area (Å²) in [5, 5.41) is 29.2. The van der Waals surface area contributed by atoms with E-state index in [1.54, 1.807) is 18.2 Å². The number of carboxylic acids is 2. The van der Waals surface area contributed by atoms with Gasteiger partial charge in [-0.25, -0.2) is 28.5 Å². The van der Waals surface area contributed by atoms with Gasteiger partial charge in [0, 0.05) is 54.1 Å². The number of halogens is 1. The van der Waals surface area contributed by atoms with Gasteiger partial charge in [0.05, 0.1) is 25.2 Å². The lowest BCUT2D eigenvalue weighted by atomic mass is 10.2. The molecule has 49 heavy (non-hydrogen) atoms. The smallest absolute Gasteiger partial charge is 0.469 e. The van der Waals surface area contributed by atoms with Crippen molar-refractivity contribution in [2.75, 3.05) is 43.5 Å². The third kappa shape index (κ3) is 14.6. The fraction of sp³-hybridized carbons (Fsp3) is 0.267. The molecule has 0 spiro atoms. The van der Waals surface area contributed by atoms with E-state index in [0.29, 0.717) is 79.1 Å². The molecule has 7 N–H and O–H groups in total. The molecule has 17 nitrogen and oxygen atoms in total. The van der Waals surface area contributed by atoms with E-state index in [-0.39, 0.29) is 18.9 Å². The van der Waals surface area contributed by atoms with Gasteiger partial charge in [0.25, 0.3) is 0 Å². The number of aliphatic carboxylic acids is 2. The van der Waals surface area contributed by atoms with Gasteiger partial charge in [-0.2, -0.15) is 5.10 Å². The van der Waals surface area contributed by atoms with E-state index in [2.05, 4.69) is 35.3 Å². The van der Waals surface area contributed by atoms with E-state index in [1.165, 1.54) is 24.5 Å². The zero-order valence-corrected chi connectivity index (χ0v) is 27.0. The Bertz CT molecular complexity index is 1780. The van der Waals surface area contributed by atoms with Crippen molar-refractivity contribution in [1.82, 2.24) is 25.1 Å². The van der Waals surface area contributed by atoms with Crippen LogP contribution in [0, 0.1) is 5.82 Å². The van der Waals surface area contributed by atoms with Crippen LogP contribution >= 0.6 is 7.82 Å². The summed E-state index contributed by atoms with van der Waals surface area (Å²) in [6.45, 7) is 4.16. The van der Waals surface area contributed by atoms with Crippen molar-refractivity contribution in [3.63, 3.8) is 0 Å². The molecule has 2 aromatic heterocycles. The number of amides is 1. The number of hydrogen-bond donors (Lipinski definition) is 7. The monoisotopic (exact) mass is 703 g/mol. The van der Waals surface area contributed by atoms with Crippen molar-refractivity contribution in [2.45, 2.75) is 19.8 Å². The summed E-state index contributed by atoms with van der Waals surface area (Å²) >= 11 is 0.